The van der Waals surface area contributed by atoms with Gasteiger partial charge in [0.2, 0.25) is 0 Å². The fraction of sp³-hybridized carbons (Fsp3) is 0.600. The van der Waals surface area contributed by atoms with Crippen molar-refractivity contribution in [3.05, 3.63) is 17.5 Å². The van der Waals surface area contributed by atoms with Crippen LogP contribution in [0.2, 0.25) is 5.02 Å². The van der Waals surface area contributed by atoms with Crippen molar-refractivity contribution in [2.45, 2.75) is 19.8 Å². The topological polar surface area (TPSA) is 58.0 Å². The van der Waals surface area contributed by atoms with E-state index in [0.717, 1.165) is 19.4 Å². The summed E-state index contributed by atoms with van der Waals surface area (Å²) in [4.78, 5) is 7.81. The van der Waals surface area contributed by atoms with Crippen LogP contribution >= 0.6 is 11.6 Å². The van der Waals surface area contributed by atoms with Crippen LogP contribution in [0.1, 0.15) is 19.8 Å². The van der Waals surface area contributed by atoms with Crippen LogP contribution in [0.25, 0.3) is 0 Å². The van der Waals surface area contributed by atoms with E-state index >= 15 is 0 Å². The minimum absolute atomic E-state index is 0.244. The molecule has 1 unspecified atom stereocenters. The Kier molecular flexibility index (Phi) is 5.36. The van der Waals surface area contributed by atoms with Crippen molar-refractivity contribution < 1.29 is 5.11 Å². The summed E-state index contributed by atoms with van der Waals surface area (Å²) in [5, 5.41) is 12.5. The Morgan fingerprint density at radius 1 is 1.60 bits per heavy atom. The number of aromatic nitrogens is 2. The maximum atomic E-state index is 8.83. The van der Waals surface area contributed by atoms with Crippen molar-refractivity contribution in [3.63, 3.8) is 0 Å². The van der Waals surface area contributed by atoms with E-state index in [9.17, 15) is 0 Å². The molecule has 1 heterocycles. The third kappa shape index (κ3) is 4.44. The molecule has 0 aromatic carbocycles. The predicted molar refractivity (Wildman–Crippen MR) is 61.0 cm³/mol. The summed E-state index contributed by atoms with van der Waals surface area (Å²) in [5.41, 5.74) is 0. The molecule has 0 fully saturated rings. The molecule has 0 saturated carbocycles. The largest absolute Gasteiger partial charge is 0.396 e. The number of hydrogen-bond acceptors (Lipinski definition) is 4. The lowest BCUT2D eigenvalue weighted by Crippen LogP contribution is -2.07. The average Bonchev–Trinajstić information content (AvgIpc) is 2.26. The van der Waals surface area contributed by atoms with Crippen molar-refractivity contribution in [1.29, 1.82) is 0 Å². The van der Waals surface area contributed by atoms with E-state index < -0.39 is 0 Å². The highest BCUT2D eigenvalue weighted by Gasteiger charge is 2.01. The fourth-order valence-electron chi connectivity index (χ4n) is 1.19. The zero-order valence-electron chi connectivity index (χ0n) is 8.78. The van der Waals surface area contributed by atoms with Gasteiger partial charge in [-0.15, -0.1) is 0 Å². The van der Waals surface area contributed by atoms with Gasteiger partial charge in [0.25, 0.3) is 0 Å². The first-order valence-electron chi connectivity index (χ1n) is 5.04. The number of anilines is 1. The second-order valence-corrected chi connectivity index (χ2v) is 3.98. The molecule has 0 aliphatic heterocycles. The maximum Gasteiger partial charge on any atom is 0.148 e. The third-order valence-electron chi connectivity index (χ3n) is 2.15. The first-order valence-corrected chi connectivity index (χ1v) is 5.42. The summed E-state index contributed by atoms with van der Waals surface area (Å²) in [5.74, 6) is 1.02. The smallest absolute Gasteiger partial charge is 0.148 e. The monoisotopic (exact) mass is 229 g/mol. The second-order valence-electron chi connectivity index (χ2n) is 3.58. The van der Waals surface area contributed by atoms with Gasteiger partial charge in [-0.25, -0.2) is 9.97 Å². The molecule has 0 spiro atoms. The molecule has 0 aliphatic carbocycles. The summed E-state index contributed by atoms with van der Waals surface area (Å²) in [6, 6.07) is 0. The Morgan fingerprint density at radius 3 is 3.07 bits per heavy atom. The van der Waals surface area contributed by atoms with E-state index in [1.54, 1.807) is 6.20 Å². The van der Waals surface area contributed by atoms with Crippen LogP contribution in [0.4, 0.5) is 5.82 Å². The molecule has 1 rings (SSSR count). The highest BCUT2D eigenvalue weighted by molar-refractivity contribution is 6.32. The first kappa shape index (κ1) is 12.2. The molecule has 0 aliphatic rings. The van der Waals surface area contributed by atoms with Gasteiger partial charge >= 0.3 is 0 Å². The minimum Gasteiger partial charge on any atom is -0.396 e. The molecular formula is C10H16ClN3O. The van der Waals surface area contributed by atoms with Gasteiger partial charge in [-0.05, 0) is 18.8 Å². The normalized spacial score (nSPS) is 12.5. The Morgan fingerprint density at radius 2 is 2.40 bits per heavy atom. The molecule has 84 valence electrons. The second kappa shape index (κ2) is 6.58. The average molecular weight is 230 g/mol. The van der Waals surface area contributed by atoms with Crippen LogP contribution in [-0.2, 0) is 0 Å². The maximum absolute atomic E-state index is 8.83. The van der Waals surface area contributed by atoms with Crippen LogP contribution in [0.5, 0.6) is 0 Å². The van der Waals surface area contributed by atoms with Crippen LogP contribution in [0.3, 0.4) is 0 Å². The quantitative estimate of drug-likeness (QED) is 0.733. The van der Waals surface area contributed by atoms with Gasteiger partial charge in [-0.2, -0.15) is 0 Å². The lowest BCUT2D eigenvalue weighted by molar-refractivity contribution is 0.229. The third-order valence-corrected chi connectivity index (χ3v) is 2.42. The highest BCUT2D eigenvalue weighted by Crippen LogP contribution is 2.16. The van der Waals surface area contributed by atoms with Gasteiger partial charge < -0.3 is 10.4 Å². The summed E-state index contributed by atoms with van der Waals surface area (Å²) >= 11 is 5.87. The lowest BCUT2D eigenvalue weighted by Gasteiger charge is -2.09. The number of halogens is 1. The van der Waals surface area contributed by atoms with Crippen molar-refractivity contribution in [3.8, 4) is 0 Å². The molecule has 1 aromatic rings. The summed E-state index contributed by atoms with van der Waals surface area (Å²) in [6.45, 7) is 3.08. The lowest BCUT2D eigenvalue weighted by atomic mass is 10.1. The molecule has 1 atom stereocenters. The predicted octanol–water partition coefficient (Wildman–Crippen LogP) is 1.95. The molecular weight excluding hydrogens is 214 g/mol. The van der Waals surface area contributed by atoms with E-state index in [-0.39, 0.29) is 6.61 Å². The summed E-state index contributed by atoms with van der Waals surface area (Å²) in [7, 11) is 0. The number of nitrogens with one attached hydrogen (secondary N) is 1. The van der Waals surface area contributed by atoms with Crippen LogP contribution in [-0.4, -0.2) is 28.2 Å². The Balaban J connectivity index is 2.23. The van der Waals surface area contributed by atoms with E-state index in [1.807, 2.05) is 6.92 Å². The minimum atomic E-state index is 0.244. The Bertz CT molecular complexity index is 296. The molecule has 15 heavy (non-hydrogen) atoms. The Hall–Kier alpha value is -0.870. The molecule has 0 amide bonds. The van der Waals surface area contributed by atoms with Crippen molar-refractivity contribution >= 4 is 17.4 Å². The molecule has 5 heteroatoms. The van der Waals surface area contributed by atoms with Gasteiger partial charge in [0, 0.05) is 13.2 Å². The van der Waals surface area contributed by atoms with Gasteiger partial charge in [-0.3, -0.25) is 0 Å². The Labute approximate surface area is 94.7 Å². The zero-order valence-corrected chi connectivity index (χ0v) is 9.54. The number of aliphatic hydroxyl groups is 1. The fourth-order valence-corrected chi connectivity index (χ4v) is 1.36. The van der Waals surface area contributed by atoms with Crippen molar-refractivity contribution in [2.24, 2.45) is 5.92 Å². The molecule has 4 nitrogen and oxygen atoms in total. The van der Waals surface area contributed by atoms with Crippen molar-refractivity contribution in [2.75, 3.05) is 18.5 Å². The van der Waals surface area contributed by atoms with Crippen LogP contribution in [0.15, 0.2) is 12.5 Å². The number of aliphatic hydroxyl groups excluding tert-OH is 1. The summed E-state index contributed by atoms with van der Waals surface area (Å²) in [6.07, 6.45) is 5.01. The van der Waals surface area contributed by atoms with Gasteiger partial charge in [0.05, 0.1) is 6.20 Å². The molecule has 0 bridgehead atoms. The molecule has 0 radical (unpaired) electrons. The van der Waals surface area contributed by atoms with E-state index in [0.29, 0.717) is 16.8 Å². The summed E-state index contributed by atoms with van der Waals surface area (Å²) < 4.78 is 0. The van der Waals surface area contributed by atoms with Crippen molar-refractivity contribution in [1.82, 2.24) is 9.97 Å². The molecule has 2 N–H and O–H groups in total. The van der Waals surface area contributed by atoms with E-state index in [1.165, 1.54) is 6.33 Å². The van der Waals surface area contributed by atoms with E-state index in [4.69, 9.17) is 16.7 Å². The molecule has 1 aromatic heterocycles. The SMILES string of the molecule is CC(CO)CCCNc1ncncc1Cl. The zero-order chi connectivity index (χ0) is 11.1. The van der Waals surface area contributed by atoms with Gasteiger partial charge in [0.1, 0.15) is 17.2 Å². The van der Waals surface area contributed by atoms with E-state index in [2.05, 4.69) is 15.3 Å². The number of hydrogen-bond donors (Lipinski definition) is 2. The van der Waals surface area contributed by atoms with Crippen LogP contribution < -0.4 is 5.32 Å². The van der Waals surface area contributed by atoms with Gasteiger partial charge in [-0.1, -0.05) is 18.5 Å². The number of rotatable bonds is 6. The number of nitrogens with zero attached hydrogens (tertiary/aromatic N) is 2. The highest BCUT2D eigenvalue weighted by atomic mass is 35.5. The van der Waals surface area contributed by atoms with Crippen LogP contribution in [0, 0.1) is 5.92 Å². The molecule has 0 saturated heterocycles. The van der Waals surface area contributed by atoms with Gasteiger partial charge in [0.15, 0.2) is 0 Å². The first-order chi connectivity index (χ1) is 7.24. The standard InChI is InChI=1S/C10H16ClN3O/c1-8(6-15)3-2-4-13-10-9(11)5-12-7-14-10/h5,7-8,15H,2-4,6H2,1H3,(H,12,13,14).